The van der Waals surface area contributed by atoms with Crippen molar-refractivity contribution < 1.29 is 14.7 Å². The standard InChI is InChI=1S/C13H24N2O3/c1-8(2)9(14)11(16)15-7-5-6-13(3,4)10(15)12(17)18/h8-10H,5-7,14H2,1-4H3,(H,17,18)/t9-,10?/m0/s1. The molecule has 1 aliphatic rings. The highest BCUT2D eigenvalue weighted by Crippen LogP contribution is 2.35. The number of nitrogens with zero attached hydrogens (tertiary/aromatic N) is 1. The van der Waals surface area contributed by atoms with Gasteiger partial charge >= 0.3 is 5.97 Å². The van der Waals surface area contributed by atoms with Crippen LogP contribution in [0.3, 0.4) is 0 Å². The lowest BCUT2D eigenvalue weighted by atomic mass is 9.76. The zero-order chi connectivity index (χ0) is 14.1. The lowest BCUT2D eigenvalue weighted by Crippen LogP contribution is -2.60. The lowest BCUT2D eigenvalue weighted by Gasteiger charge is -2.45. The number of hydrogen-bond acceptors (Lipinski definition) is 3. The summed E-state index contributed by atoms with van der Waals surface area (Å²) in [5.74, 6) is -1.17. The van der Waals surface area contributed by atoms with Crippen molar-refractivity contribution in [1.82, 2.24) is 4.90 Å². The molecule has 2 atom stereocenters. The molecule has 104 valence electrons. The van der Waals surface area contributed by atoms with Gasteiger partial charge < -0.3 is 15.7 Å². The summed E-state index contributed by atoms with van der Waals surface area (Å²) in [6.45, 7) is 8.01. The Morgan fingerprint density at radius 2 is 1.94 bits per heavy atom. The van der Waals surface area contributed by atoms with E-state index in [-0.39, 0.29) is 11.8 Å². The molecule has 1 rings (SSSR count). The van der Waals surface area contributed by atoms with Gasteiger partial charge in [0, 0.05) is 6.54 Å². The van der Waals surface area contributed by atoms with Crippen molar-refractivity contribution in [2.24, 2.45) is 17.1 Å². The molecule has 0 radical (unpaired) electrons. The summed E-state index contributed by atoms with van der Waals surface area (Å²) in [6.07, 6.45) is 1.64. The van der Waals surface area contributed by atoms with Crippen LogP contribution in [0, 0.1) is 11.3 Å². The van der Waals surface area contributed by atoms with Gasteiger partial charge in [-0.25, -0.2) is 4.79 Å². The predicted molar refractivity (Wildman–Crippen MR) is 69.0 cm³/mol. The summed E-state index contributed by atoms with van der Waals surface area (Å²) in [4.78, 5) is 25.2. The van der Waals surface area contributed by atoms with E-state index in [9.17, 15) is 14.7 Å². The highest BCUT2D eigenvalue weighted by molar-refractivity contribution is 5.87. The first-order valence-corrected chi connectivity index (χ1v) is 6.47. The second-order valence-electron chi connectivity index (χ2n) is 6.13. The van der Waals surface area contributed by atoms with Gasteiger partial charge in [0.25, 0.3) is 0 Å². The van der Waals surface area contributed by atoms with Crippen molar-refractivity contribution in [2.45, 2.75) is 52.6 Å². The number of carboxylic acid groups (broad SMARTS) is 1. The molecule has 1 amide bonds. The van der Waals surface area contributed by atoms with Crippen molar-refractivity contribution in [1.29, 1.82) is 0 Å². The van der Waals surface area contributed by atoms with E-state index in [0.717, 1.165) is 12.8 Å². The van der Waals surface area contributed by atoms with Crippen LogP contribution in [0.2, 0.25) is 0 Å². The summed E-state index contributed by atoms with van der Waals surface area (Å²) in [5, 5.41) is 9.38. The van der Waals surface area contributed by atoms with Crippen LogP contribution in [-0.2, 0) is 9.59 Å². The molecule has 0 spiro atoms. The summed E-state index contributed by atoms with van der Waals surface area (Å²) in [6, 6.07) is -1.40. The maximum Gasteiger partial charge on any atom is 0.326 e. The zero-order valence-electron chi connectivity index (χ0n) is 11.6. The minimum atomic E-state index is -0.941. The average Bonchev–Trinajstić information content (AvgIpc) is 2.24. The van der Waals surface area contributed by atoms with Crippen molar-refractivity contribution in [3.05, 3.63) is 0 Å². The molecule has 1 saturated heterocycles. The monoisotopic (exact) mass is 256 g/mol. The number of rotatable bonds is 3. The van der Waals surface area contributed by atoms with Gasteiger partial charge in [0.1, 0.15) is 6.04 Å². The Bertz CT molecular complexity index is 339. The Kier molecular flexibility index (Phi) is 4.37. The molecule has 0 aromatic heterocycles. The molecule has 0 aromatic carbocycles. The highest BCUT2D eigenvalue weighted by atomic mass is 16.4. The molecular formula is C13H24N2O3. The van der Waals surface area contributed by atoms with Gasteiger partial charge in [-0.1, -0.05) is 27.7 Å². The number of piperidine rings is 1. The number of likely N-dealkylation sites (tertiary alicyclic amines) is 1. The van der Waals surface area contributed by atoms with E-state index < -0.39 is 23.5 Å². The SMILES string of the molecule is CC(C)[C@H](N)C(=O)N1CCCC(C)(C)C1C(=O)O. The largest absolute Gasteiger partial charge is 0.480 e. The number of carbonyl (C=O) groups excluding carboxylic acids is 1. The quantitative estimate of drug-likeness (QED) is 0.791. The Labute approximate surface area is 108 Å². The van der Waals surface area contributed by atoms with Crippen LogP contribution in [0.5, 0.6) is 0 Å². The molecular weight excluding hydrogens is 232 g/mol. The Balaban J connectivity index is 2.98. The summed E-state index contributed by atoms with van der Waals surface area (Å²) in [5.41, 5.74) is 5.45. The summed E-state index contributed by atoms with van der Waals surface area (Å²) >= 11 is 0. The fourth-order valence-electron chi connectivity index (χ4n) is 2.57. The molecule has 5 nitrogen and oxygen atoms in total. The van der Waals surface area contributed by atoms with Crippen LogP contribution in [0.25, 0.3) is 0 Å². The van der Waals surface area contributed by atoms with E-state index in [1.807, 2.05) is 27.7 Å². The average molecular weight is 256 g/mol. The maximum absolute atomic E-state index is 12.3. The minimum absolute atomic E-state index is 0.0111. The number of carboxylic acids is 1. The molecule has 5 heteroatoms. The van der Waals surface area contributed by atoms with Crippen LogP contribution in [-0.4, -0.2) is 40.5 Å². The van der Waals surface area contributed by atoms with Crippen LogP contribution in [0.4, 0.5) is 0 Å². The lowest BCUT2D eigenvalue weighted by molar-refractivity contribution is -0.159. The van der Waals surface area contributed by atoms with E-state index in [2.05, 4.69) is 0 Å². The van der Waals surface area contributed by atoms with Gasteiger partial charge in [-0.2, -0.15) is 0 Å². The van der Waals surface area contributed by atoms with Crippen molar-refractivity contribution in [3.8, 4) is 0 Å². The van der Waals surface area contributed by atoms with Gasteiger partial charge in [0.15, 0.2) is 0 Å². The van der Waals surface area contributed by atoms with E-state index in [1.165, 1.54) is 4.90 Å². The number of nitrogens with two attached hydrogens (primary N) is 1. The predicted octanol–water partition coefficient (Wildman–Crippen LogP) is 1.07. The number of amides is 1. The van der Waals surface area contributed by atoms with E-state index in [0.29, 0.717) is 6.54 Å². The third-order valence-corrected chi connectivity index (χ3v) is 3.79. The first kappa shape index (κ1) is 15.0. The maximum atomic E-state index is 12.3. The molecule has 1 unspecified atom stereocenters. The van der Waals surface area contributed by atoms with Crippen LogP contribution in [0.1, 0.15) is 40.5 Å². The van der Waals surface area contributed by atoms with Crippen LogP contribution < -0.4 is 5.73 Å². The molecule has 0 bridgehead atoms. The van der Waals surface area contributed by atoms with Gasteiger partial charge in [-0.15, -0.1) is 0 Å². The summed E-state index contributed by atoms with van der Waals surface area (Å²) < 4.78 is 0. The van der Waals surface area contributed by atoms with Crippen molar-refractivity contribution in [3.63, 3.8) is 0 Å². The smallest absolute Gasteiger partial charge is 0.326 e. The topological polar surface area (TPSA) is 83.6 Å². The molecule has 1 heterocycles. The van der Waals surface area contributed by atoms with Gasteiger partial charge in [0.05, 0.1) is 6.04 Å². The second kappa shape index (κ2) is 5.26. The fourth-order valence-corrected chi connectivity index (χ4v) is 2.57. The molecule has 1 aliphatic heterocycles. The zero-order valence-corrected chi connectivity index (χ0v) is 11.6. The second-order valence-corrected chi connectivity index (χ2v) is 6.13. The van der Waals surface area contributed by atoms with Gasteiger partial charge in [-0.3, -0.25) is 4.79 Å². The van der Waals surface area contributed by atoms with E-state index in [1.54, 1.807) is 0 Å². The van der Waals surface area contributed by atoms with Gasteiger partial charge in [0.2, 0.25) is 5.91 Å². The first-order valence-electron chi connectivity index (χ1n) is 6.47. The molecule has 18 heavy (non-hydrogen) atoms. The molecule has 3 N–H and O–H groups in total. The first-order chi connectivity index (χ1) is 8.18. The van der Waals surface area contributed by atoms with Gasteiger partial charge in [-0.05, 0) is 24.2 Å². The number of aliphatic carboxylic acids is 1. The van der Waals surface area contributed by atoms with E-state index in [4.69, 9.17) is 5.73 Å². The minimum Gasteiger partial charge on any atom is -0.480 e. The molecule has 0 saturated carbocycles. The van der Waals surface area contributed by atoms with Crippen LogP contribution in [0.15, 0.2) is 0 Å². The fraction of sp³-hybridized carbons (Fsp3) is 0.846. The third kappa shape index (κ3) is 2.83. The Morgan fingerprint density at radius 3 is 2.39 bits per heavy atom. The third-order valence-electron chi connectivity index (χ3n) is 3.79. The highest BCUT2D eigenvalue weighted by Gasteiger charge is 2.45. The van der Waals surface area contributed by atoms with Crippen molar-refractivity contribution >= 4 is 11.9 Å². The summed E-state index contributed by atoms with van der Waals surface area (Å²) in [7, 11) is 0. The normalized spacial score (nSPS) is 25.0. The molecule has 0 aliphatic carbocycles. The Hall–Kier alpha value is -1.10. The Morgan fingerprint density at radius 1 is 1.39 bits per heavy atom. The number of carbonyl (C=O) groups is 2. The molecule has 1 fully saturated rings. The van der Waals surface area contributed by atoms with Crippen molar-refractivity contribution in [2.75, 3.05) is 6.54 Å². The van der Waals surface area contributed by atoms with E-state index >= 15 is 0 Å². The number of hydrogen-bond donors (Lipinski definition) is 2. The van der Waals surface area contributed by atoms with Crippen LogP contribution >= 0.6 is 0 Å². The molecule has 0 aromatic rings.